The van der Waals surface area contributed by atoms with Crippen molar-refractivity contribution in [3.8, 4) is 0 Å². The third-order valence-corrected chi connectivity index (χ3v) is 7.08. The molecule has 0 bridgehead atoms. The molecule has 0 aliphatic carbocycles. The maximum Gasteiger partial charge on any atom is 0.252 e. The van der Waals surface area contributed by atoms with Gasteiger partial charge in [0.2, 0.25) is 0 Å². The molecule has 0 unspecified atom stereocenters. The molecule has 36 heavy (non-hydrogen) atoms. The minimum absolute atomic E-state index is 0.127. The van der Waals surface area contributed by atoms with Crippen LogP contribution in [0.25, 0.3) is 64.9 Å². The summed E-state index contributed by atoms with van der Waals surface area (Å²) in [4.78, 5) is 18.6. The highest BCUT2D eigenvalue weighted by atomic mass is 16.1. The Morgan fingerprint density at radius 1 is 0.611 bits per heavy atom. The Labute approximate surface area is 207 Å². The van der Waals surface area contributed by atoms with E-state index >= 15 is 0 Å². The van der Waals surface area contributed by atoms with Gasteiger partial charge in [-0.2, -0.15) is 0 Å². The van der Waals surface area contributed by atoms with Crippen molar-refractivity contribution in [3.63, 3.8) is 0 Å². The predicted molar refractivity (Wildman–Crippen MR) is 151 cm³/mol. The third kappa shape index (κ3) is 3.27. The van der Waals surface area contributed by atoms with Crippen LogP contribution in [0.5, 0.6) is 0 Å². The number of hydrogen-bond acceptors (Lipinski definition) is 3. The van der Waals surface area contributed by atoms with E-state index in [1.807, 2.05) is 12.1 Å². The minimum Gasteiger partial charge on any atom is -0.351 e. The Morgan fingerprint density at radius 3 is 1.44 bits per heavy atom. The summed E-state index contributed by atoms with van der Waals surface area (Å²) in [6, 6.07) is 33.8. The van der Waals surface area contributed by atoms with E-state index in [4.69, 9.17) is 10.7 Å². The van der Waals surface area contributed by atoms with Crippen LogP contribution in [-0.2, 0) is 0 Å². The van der Waals surface area contributed by atoms with Crippen molar-refractivity contribution in [2.24, 2.45) is 5.73 Å². The first-order chi connectivity index (χ1) is 17.7. The quantitative estimate of drug-likeness (QED) is 0.286. The van der Waals surface area contributed by atoms with Crippen LogP contribution in [0.3, 0.4) is 0 Å². The van der Waals surface area contributed by atoms with Gasteiger partial charge in [-0.3, -0.25) is 4.79 Å². The number of nitrogens with zero attached hydrogens (tertiary/aromatic N) is 1. The lowest BCUT2D eigenvalue weighted by Gasteiger charge is -2.14. The van der Waals surface area contributed by atoms with Gasteiger partial charge in [-0.25, -0.2) is 4.98 Å². The van der Waals surface area contributed by atoms with Crippen molar-refractivity contribution in [2.45, 2.75) is 0 Å². The number of carbonyl (C=O) groups is 1. The molecule has 0 spiro atoms. The van der Waals surface area contributed by atoms with Crippen molar-refractivity contribution in [1.82, 2.24) is 10.3 Å². The Balaban J connectivity index is 1.59. The molecular formula is C32H23N3O. The van der Waals surface area contributed by atoms with Crippen molar-refractivity contribution >= 4 is 70.8 Å². The summed E-state index contributed by atoms with van der Waals surface area (Å²) in [6.45, 7) is 0.803. The number of benzene rings is 6. The molecule has 1 heterocycles. The molecule has 1 amide bonds. The van der Waals surface area contributed by atoms with E-state index in [1.165, 1.54) is 21.5 Å². The number of hydrogen-bond donors (Lipinski definition) is 2. The molecule has 0 saturated heterocycles. The summed E-state index contributed by atoms with van der Waals surface area (Å²) < 4.78 is 0. The van der Waals surface area contributed by atoms with Gasteiger partial charge >= 0.3 is 0 Å². The Kier molecular flexibility index (Phi) is 4.63. The van der Waals surface area contributed by atoms with Crippen LogP contribution in [0.15, 0.2) is 97.1 Å². The molecule has 1 aromatic heterocycles. The molecule has 0 atom stereocenters. The molecule has 4 heteroatoms. The topological polar surface area (TPSA) is 68.0 Å². The molecule has 6 aromatic carbocycles. The normalized spacial score (nSPS) is 11.8. The summed E-state index contributed by atoms with van der Waals surface area (Å²) in [6.07, 6.45) is 0. The fraction of sp³-hybridized carbons (Fsp3) is 0.0625. The average Bonchev–Trinajstić information content (AvgIpc) is 2.90. The lowest BCUT2D eigenvalue weighted by molar-refractivity contribution is 0.0958. The summed E-state index contributed by atoms with van der Waals surface area (Å²) in [5.74, 6) is -0.127. The summed E-state index contributed by atoms with van der Waals surface area (Å²) in [5, 5.41) is 13.8. The van der Waals surface area contributed by atoms with E-state index in [1.54, 1.807) is 0 Å². The Morgan fingerprint density at radius 2 is 1.03 bits per heavy atom. The van der Waals surface area contributed by atoms with Crippen molar-refractivity contribution < 1.29 is 4.79 Å². The first kappa shape index (κ1) is 20.8. The van der Waals surface area contributed by atoms with Crippen LogP contribution in [0.4, 0.5) is 0 Å². The van der Waals surface area contributed by atoms with Gasteiger partial charge in [-0.15, -0.1) is 0 Å². The van der Waals surface area contributed by atoms with E-state index in [9.17, 15) is 4.79 Å². The second-order valence-electron chi connectivity index (χ2n) is 9.36. The van der Waals surface area contributed by atoms with Crippen LogP contribution in [-0.4, -0.2) is 24.0 Å². The molecule has 0 fully saturated rings. The van der Waals surface area contributed by atoms with Gasteiger partial charge in [-0.1, -0.05) is 48.5 Å². The van der Waals surface area contributed by atoms with E-state index in [0.29, 0.717) is 18.7 Å². The lowest BCUT2D eigenvalue weighted by atomic mass is 9.95. The monoisotopic (exact) mass is 465 g/mol. The van der Waals surface area contributed by atoms with Gasteiger partial charge in [0.25, 0.3) is 5.91 Å². The second kappa shape index (κ2) is 8.01. The molecule has 7 aromatic rings. The molecular weight excluding hydrogens is 442 g/mol. The smallest absolute Gasteiger partial charge is 0.252 e. The first-order valence-electron chi connectivity index (χ1n) is 12.2. The number of amides is 1. The fourth-order valence-corrected chi connectivity index (χ4v) is 5.34. The maximum atomic E-state index is 13.5. The maximum absolute atomic E-state index is 13.5. The second-order valence-corrected chi connectivity index (χ2v) is 9.36. The highest BCUT2D eigenvalue weighted by Crippen LogP contribution is 2.34. The van der Waals surface area contributed by atoms with Gasteiger partial charge in [0, 0.05) is 23.9 Å². The summed E-state index contributed by atoms with van der Waals surface area (Å²) in [5.41, 5.74) is 7.97. The van der Waals surface area contributed by atoms with Gasteiger partial charge in [0.1, 0.15) is 0 Å². The summed E-state index contributed by atoms with van der Waals surface area (Å²) in [7, 11) is 0. The largest absolute Gasteiger partial charge is 0.351 e. The number of fused-ring (bicyclic) bond motifs is 6. The zero-order chi connectivity index (χ0) is 24.2. The standard InChI is InChI=1S/C32H23N3O/c33-9-10-34-32(36)31-27-15-23-11-19-5-1-3-7-21(19)13-25(23)17-29(27)35-30-18-26-14-22-8-4-2-6-20(22)12-24(26)16-28(30)31/h1-8,11-18H,9-10,33H2,(H,34,36). The van der Waals surface area contributed by atoms with E-state index in [-0.39, 0.29) is 5.91 Å². The van der Waals surface area contributed by atoms with Crippen molar-refractivity contribution in [2.75, 3.05) is 13.1 Å². The zero-order valence-corrected chi connectivity index (χ0v) is 19.6. The molecule has 3 N–H and O–H groups in total. The fourth-order valence-electron chi connectivity index (χ4n) is 5.34. The molecule has 0 aliphatic rings. The summed E-state index contributed by atoms with van der Waals surface area (Å²) >= 11 is 0. The van der Waals surface area contributed by atoms with Gasteiger partial charge < -0.3 is 11.1 Å². The number of aromatic nitrogens is 1. The Hall–Kier alpha value is -4.54. The Bertz CT molecular complexity index is 1880. The van der Waals surface area contributed by atoms with Gasteiger partial charge in [-0.05, 0) is 91.6 Å². The van der Waals surface area contributed by atoms with E-state index in [0.717, 1.165) is 43.4 Å². The molecule has 0 aliphatic heterocycles. The average molecular weight is 466 g/mol. The number of pyridine rings is 1. The third-order valence-electron chi connectivity index (χ3n) is 7.08. The van der Waals surface area contributed by atoms with E-state index < -0.39 is 0 Å². The molecule has 4 nitrogen and oxygen atoms in total. The molecule has 7 rings (SSSR count). The SMILES string of the molecule is NCCNC(=O)c1c2cc3cc4ccccc4cc3cc2nc2cc3cc4ccccc4cc3cc12. The molecule has 0 radical (unpaired) electrons. The molecule has 0 saturated carbocycles. The van der Waals surface area contributed by atoms with Crippen LogP contribution in [0, 0.1) is 0 Å². The van der Waals surface area contributed by atoms with Gasteiger partial charge in [0.05, 0.1) is 16.6 Å². The van der Waals surface area contributed by atoms with Crippen LogP contribution in [0.1, 0.15) is 10.4 Å². The van der Waals surface area contributed by atoms with Crippen molar-refractivity contribution in [3.05, 3.63) is 103 Å². The van der Waals surface area contributed by atoms with Crippen LogP contribution >= 0.6 is 0 Å². The predicted octanol–water partition coefficient (Wildman–Crippen LogP) is 6.69. The van der Waals surface area contributed by atoms with Gasteiger partial charge in [0.15, 0.2) is 0 Å². The minimum atomic E-state index is -0.127. The number of carbonyl (C=O) groups excluding carboxylic acids is 1. The van der Waals surface area contributed by atoms with Crippen LogP contribution < -0.4 is 11.1 Å². The highest BCUT2D eigenvalue weighted by Gasteiger charge is 2.18. The number of nitrogens with two attached hydrogens (primary N) is 1. The highest BCUT2D eigenvalue weighted by molar-refractivity contribution is 6.20. The van der Waals surface area contributed by atoms with E-state index in [2.05, 4.69) is 90.2 Å². The van der Waals surface area contributed by atoms with Crippen LogP contribution in [0.2, 0.25) is 0 Å². The number of rotatable bonds is 3. The number of nitrogens with one attached hydrogen (secondary N) is 1. The van der Waals surface area contributed by atoms with Crippen molar-refractivity contribution in [1.29, 1.82) is 0 Å². The first-order valence-corrected chi connectivity index (χ1v) is 12.2. The molecule has 172 valence electrons. The lowest BCUT2D eigenvalue weighted by Crippen LogP contribution is -2.29. The zero-order valence-electron chi connectivity index (χ0n) is 19.6.